The lowest BCUT2D eigenvalue weighted by molar-refractivity contribution is 0.112. The summed E-state index contributed by atoms with van der Waals surface area (Å²) in [5, 5.41) is 0.709. The number of H-pyrrole nitrogens is 1. The highest BCUT2D eigenvalue weighted by Crippen LogP contribution is 2.31. The van der Waals surface area contributed by atoms with Gasteiger partial charge in [0.15, 0.2) is 6.29 Å². The highest BCUT2D eigenvalue weighted by atomic mass is 35.5. The van der Waals surface area contributed by atoms with Crippen molar-refractivity contribution in [2.75, 3.05) is 0 Å². The van der Waals surface area contributed by atoms with Gasteiger partial charge in [-0.1, -0.05) is 17.7 Å². The number of rotatable bonds is 2. The number of benzene rings is 1. The predicted octanol–water partition coefficient (Wildman–Crippen LogP) is 3.83. The van der Waals surface area contributed by atoms with E-state index in [9.17, 15) is 9.18 Å². The van der Waals surface area contributed by atoms with Gasteiger partial charge >= 0.3 is 0 Å². The van der Waals surface area contributed by atoms with E-state index in [4.69, 9.17) is 11.6 Å². The Morgan fingerprint density at radius 2 is 2.16 bits per heavy atom. The van der Waals surface area contributed by atoms with Crippen LogP contribution in [0.3, 0.4) is 0 Å². The van der Waals surface area contributed by atoms with Gasteiger partial charge in [-0.15, -0.1) is 0 Å². The molecule has 0 spiro atoms. The minimum Gasteiger partial charge on any atom is -0.350 e. The molecular weight excluding hydrogens is 267 g/mol. The van der Waals surface area contributed by atoms with Crippen LogP contribution in [0.1, 0.15) is 10.4 Å². The maximum atomic E-state index is 13.8. The van der Waals surface area contributed by atoms with Crippen LogP contribution < -0.4 is 0 Å². The van der Waals surface area contributed by atoms with Crippen LogP contribution >= 0.6 is 11.6 Å². The van der Waals surface area contributed by atoms with Gasteiger partial charge in [-0.3, -0.25) is 9.78 Å². The zero-order chi connectivity index (χ0) is 13.4. The van der Waals surface area contributed by atoms with E-state index in [1.807, 2.05) is 0 Å². The highest BCUT2D eigenvalue weighted by Gasteiger charge is 2.16. The van der Waals surface area contributed by atoms with Gasteiger partial charge in [0.05, 0.1) is 16.9 Å². The minimum atomic E-state index is -0.493. The molecule has 0 aliphatic heterocycles. The summed E-state index contributed by atoms with van der Waals surface area (Å²) in [5.41, 5.74) is 1.69. The van der Waals surface area contributed by atoms with E-state index in [0.29, 0.717) is 28.6 Å². The summed E-state index contributed by atoms with van der Waals surface area (Å²) in [7, 11) is 0. The second-order valence-corrected chi connectivity index (χ2v) is 4.49. The van der Waals surface area contributed by atoms with Crippen molar-refractivity contribution in [1.29, 1.82) is 0 Å². The van der Waals surface area contributed by atoms with E-state index in [1.165, 1.54) is 6.07 Å². The molecule has 0 amide bonds. The number of hydrogen-bond acceptors (Lipinski definition) is 2. The van der Waals surface area contributed by atoms with Gasteiger partial charge in [-0.05, 0) is 24.3 Å². The Labute approximate surface area is 113 Å². The Morgan fingerprint density at radius 1 is 1.32 bits per heavy atom. The smallest absolute Gasteiger partial charge is 0.152 e. The summed E-state index contributed by atoms with van der Waals surface area (Å²) < 4.78 is 13.8. The number of nitrogens with one attached hydrogen (secondary N) is 1. The number of hydrogen-bond donors (Lipinski definition) is 1. The quantitative estimate of drug-likeness (QED) is 0.722. The third-order valence-electron chi connectivity index (χ3n) is 2.90. The van der Waals surface area contributed by atoms with E-state index in [0.717, 1.165) is 0 Å². The summed E-state index contributed by atoms with van der Waals surface area (Å²) in [6, 6.07) is 8.08. The zero-order valence-electron chi connectivity index (χ0n) is 9.65. The van der Waals surface area contributed by atoms with Gasteiger partial charge in [0.25, 0.3) is 0 Å². The molecule has 3 rings (SSSR count). The van der Waals surface area contributed by atoms with Gasteiger partial charge < -0.3 is 4.98 Å². The number of halogens is 2. The molecule has 0 aliphatic carbocycles. The first kappa shape index (κ1) is 11.9. The number of carbonyl (C=O) groups excluding carboxylic acids is 1. The van der Waals surface area contributed by atoms with E-state index in [-0.39, 0.29) is 10.5 Å². The molecule has 2 aromatic heterocycles. The van der Waals surface area contributed by atoms with Crippen LogP contribution in [0.2, 0.25) is 5.02 Å². The van der Waals surface area contributed by atoms with Crippen molar-refractivity contribution in [3.63, 3.8) is 0 Å². The molecule has 0 radical (unpaired) electrons. The summed E-state index contributed by atoms with van der Waals surface area (Å²) >= 11 is 5.82. The Hall–Kier alpha value is -2.20. The molecule has 0 unspecified atom stereocenters. The van der Waals surface area contributed by atoms with Gasteiger partial charge in [-0.25, -0.2) is 4.39 Å². The van der Waals surface area contributed by atoms with E-state index in [2.05, 4.69) is 9.97 Å². The lowest BCUT2D eigenvalue weighted by Crippen LogP contribution is -1.86. The van der Waals surface area contributed by atoms with Crippen LogP contribution in [0, 0.1) is 5.82 Å². The molecule has 5 heteroatoms. The maximum absolute atomic E-state index is 13.8. The molecule has 0 saturated carbocycles. The maximum Gasteiger partial charge on any atom is 0.152 e. The van der Waals surface area contributed by atoms with E-state index < -0.39 is 5.82 Å². The van der Waals surface area contributed by atoms with Crippen LogP contribution in [-0.2, 0) is 0 Å². The number of pyridine rings is 1. The summed E-state index contributed by atoms with van der Waals surface area (Å²) in [6.45, 7) is 0. The van der Waals surface area contributed by atoms with Gasteiger partial charge in [0.1, 0.15) is 5.82 Å². The zero-order valence-corrected chi connectivity index (χ0v) is 10.4. The Morgan fingerprint density at radius 3 is 2.84 bits per heavy atom. The first-order valence-electron chi connectivity index (χ1n) is 5.58. The third kappa shape index (κ3) is 1.90. The molecule has 94 valence electrons. The second kappa shape index (κ2) is 4.48. The number of aldehydes is 1. The van der Waals surface area contributed by atoms with Crippen molar-refractivity contribution in [3.8, 4) is 11.4 Å². The Balaban J connectivity index is 2.38. The molecule has 19 heavy (non-hydrogen) atoms. The lowest BCUT2D eigenvalue weighted by atomic mass is 10.1. The standard InChI is InChI=1S/C14H8ClFN2O/c15-8-5-9-10(7-19)14(12-3-1-2-4-17-12)18-13(9)11(16)6-8/h1-7,18H. The van der Waals surface area contributed by atoms with Crippen molar-refractivity contribution in [2.45, 2.75) is 0 Å². The van der Waals surface area contributed by atoms with Crippen molar-refractivity contribution in [3.05, 3.63) is 52.9 Å². The molecule has 0 aliphatic rings. The predicted molar refractivity (Wildman–Crippen MR) is 71.9 cm³/mol. The van der Waals surface area contributed by atoms with Crippen molar-refractivity contribution in [2.24, 2.45) is 0 Å². The van der Waals surface area contributed by atoms with Crippen LogP contribution in [0.4, 0.5) is 4.39 Å². The fourth-order valence-corrected chi connectivity index (χ4v) is 2.28. The number of aromatic amines is 1. The number of aromatic nitrogens is 2. The van der Waals surface area contributed by atoms with Crippen LogP contribution in [0.5, 0.6) is 0 Å². The molecule has 0 atom stereocenters. The Kier molecular flexibility index (Phi) is 2.80. The third-order valence-corrected chi connectivity index (χ3v) is 3.12. The average molecular weight is 275 g/mol. The van der Waals surface area contributed by atoms with Gasteiger partial charge in [0.2, 0.25) is 0 Å². The molecule has 3 aromatic rings. The normalized spacial score (nSPS) is 10.8. The second-order valence-electron chi connectivity index (χ2n) is 4.06. The van der Waals surface area contributed by atoms with Gasteiger partial charge in [0, 0.05) is 22.2 Å². The van der Waals surface area contributed by atoms with Crippen LogP contribution in [0.15, 0.2) is 36.5 Å². The summed E-state index contributed by atoms with van der Waals surface area (Å²) in [5.74, 6) is -0.493. The molecule has 2 heterocycles. The highest BCUT2D eigenvalue weighted by molar-refractivity contribution is 6.31. The van der Waals surface area contributed by atoms with E-state index >= 15 is 0 Å². The molecule has 3 nitrogen and oxygen atoms in total. The first-order chi connectivity index (χ1) is 9.20. The van der Waals surface area contributed by atoms with Crippen LogP contribution in [-0.4, -0.2) is 16.3 Å². The molecule has 0 bridgehead atoms. The SMILES string of the molecule is O=Cc1c(-c2ccccn2)[nH]c2c(F)cc(Cl)cc12. The van der Waals surface area contributed by atoms with E-state index in [1.54, 1.807) is 30.5 Å². The van der Waals surface area contributed by atoms with Crippen molar-refractivity contribution >= 4 is 28.8 Å². The first-order valence-corrected chi connectivity index (χ1v) is 5.96. The number of nitrogens with zero attached hydrogens (tertiary/aromatic N) is 1. The van der Waals surface area contributed by atoms with Crippen molar-refractivity contribution in [1.82, 2.24) is 9.97 Å². The van der Waals surface area contributed by atoms with Crippen LogP contribution in [0.25, 0.3) is 22.3 Å². The molecule has 1 N–H and O–H groups in total. The molecular formula is C14H8ClFN2O. The monoisotopic (exact) mass is 274 g/mol. The molecule has 1 aromatic carbocycles. The average Bonchev–Trinajstić information content (AvgIpc) is 2.78. The van der Waals surface area contributed by atoms with Gasteiger partial charge in [-0.2, -0.15) is 0 Å². The molecule has 0 saturated heterocycles. The summed E-state index contributed by atoms with van der Waals surface area (Å²) in [6.07, 6.45) is 2.29. The number of carbonyl (C=O) groups is 1. The minimum absolute atomic E-state index is 0.250. The fraction of sp³-hybridized carbons (Fsp3) is 0. The molecule has 0 fully saturated rings. The largest absolute Gasteiger partial charge is 0.350 e. The summed E-state index contributed by atoms with van der Waals surface area (Å²) in [4.78, 5) is 18.3. The lowest BCUT2D eigenvalue weighted by Gasteiger charge is -1.97. The topological polar surface area (TPSA) is 45.8 Å². The fourth-order valence-electron chi connectivity index (χ4n) is 2.08. The Bertz CT molecular complexity index is 768. The number of fused-ring (bicyclic) bond motifs is 1. The van der Waals surface area contributed by atoms with Crippen molar-refractivity contribution < 1.29 is 9.18 Å².